The maximum atomic E-state index is 12.1. The van der Waals surface area contributed by atoms with Crippen molar-refractivity contribution in [2.24, 2.45) is 5.16 Å². The van der Waals surface area contributed by atoms with Gasteiger partial charge in [-0.05, 0) is 12.1 Å². The third kappa shape index (κ3) is 3.43. The largest absolute Gasteiger partial charge is 0.399 e. The number of hydrogen-bond donors (Lipinski definition) is 0. The van der Waals surface area contributed by atoms with E-state index in [4.69, 9.17) is 4.84 Å². The monoisotopic (exact) mass is 417 g/mol. The summed E-state index contributed by atoms with van der Waals surface area (Å²) < 4.78 is 25.3. The van der Waals surface area contributed by atoms with Crippen molar-refractivity contribution in [3.63, 3.8) is 0 Å². The van der Waals surface area contributed by atoms with Crippen molar-refractivity contribution in [1.29, 1.82) is 0 Å². The molecule has 0 radical (unpaired) electrons. The average Bonchev–Trinajstić information content (AvgIpc) is 3.18. The summed E-state index contributed by atoms with van der Waals surface area (Å²) in [5.41, 5.74) is 1.74. The Morgan fingerprint density at radius 2 is 2.14 bits per heavy atom. The number of thiazole rings is 1. The summed E-state index contributed by atoms with van der Waals surface area (Å²) in [5, 5.41) is 13.0. The highest BCUT2D eigenvalue weighted by atomic mass is 32.2. The van der Waals surface area contributed by atoms with E-state index in [2.05, 4.69) is 30.3 Å². The first kappa shape index (κ1) is 18.4. The number of rotatable bonds is 4. The molecule has 0 N–H and O–H groups in total. The lowest BCUT2D eigenvalue weighted by Gasteiger charge is -2.27. The van der Waals surface area contributed by atoms with E-state index in [1.165, 1.54) is 22.8 Å². The van der Waals surface area contributed by atoms with Crippen LogP contribution in [0.25, 0.3) is 21.3 Å². The highest BCUT2D eigenvalue weighted by Crippen LogP contribution is 2.32. The first-order valence-electron chi connectivity index (χ1n) is 8.17. The average molecular weight is 417 g/mol. The van der Waals surface area contributed by atoms with E-state index in [9.17, 15) is 8.42 Å². The fourth-order valence-corrected chi connectivity index (χ4v) is 4.44. The molecule has 0 atom stereocenters. The number of pyridine rings is 1. The number of oxime groups is 1. The highest BCUT2D eigenvalue weighted by molar-refractivity contribution is 7.92. The van der Waals surface area contributed by atoms with Crippen LogP contribution < -0.4 is 4.31 Å². The van der Waals surface area contributed by atoms with Gasteiger partial charge in [0.2, 0.25) is 10.0 Å². The van der Waals surface area contributed by atoms with Gasteiger partial charge in [-0.25, -0.2) is 18.4 Å². The summed E-state index contributed by atoms with van der Waals surface area (Å²) in [4.78, 5) is 18.6. The Morgan fingerprint density at radius 3 is 2.86 bits per heavy atom. The molecule has 0 saturated heterocycles. The van der Waals surface area contributed by atoms with E-state index in [-0.39, 0.29) is 12.4 Å². The van der Waals surface area contributed by atoms with E-state index in [0.29, 0.717) is 28.5 Å². The van der Waals surface area contributed by atoms with Crippen LogP contribution in [-0.4, -0.2) is 59.2 Å². The molecule has 144 valence electrons. The zero-order valence-corrected chi connectivity index (χ0v) is 16.6. The smallest absolute Gasteiger partial charge is 0.233 e. The predicted molar refractivity (Wildman–Crippen MR) is 105 cm³/mol. The molecule has 3 aromatic heterocycles. The molecular formula is C16H15N7O3S2. The van der Waals surface area contributed by atoms with Gasteiger partial charge in [-0.1, -0.05) is 5.16 Å². The van der Waals surface area contributed by atoms with Crippen LogP contribution in [0.2, 0.25) is 0 Å². The summed E-state index contributed by atoms with van der Waals surface area (Å²) in [6.45, 7) is 0.204. The van der Waals surface area contributed by atoms with E-state index < -0.39 is 10.0 Å². The minimum Gasteiger partial charge on any atom is -0.399 e. The van der Waals surface area contributed by atoms with Gasteiger partial charge in [0.1, 0.15) is 23.5 Å². The van der Waals surface area contributed by atoms with E-state index in [1.807, 2.05) is 12.1 Å². The number of anilines is 1. The normalized spacial score (nSPS) is 15.5. The standard InChI is InChI=1S/C16H15N7O3S2/c1-26-22-11-5-7-23(28(2,24)25)15-13(11)19-14(20-21-15)12-9-18-16(27-12)10-4-3-6-17-8-10/h3-4,6,8-9H,5,7H2,1-2H3. The number of aromatic nitrogens is 5. The molecule has 4 heterocycles. The molecule has 0 fully saturated rings. The van der Waals surface area contributed by atoms with E-state index in [1.54, 1.807) is 18.6 Å². The number of nitrogens with zero attached hydrogens (tertiary/aromatic N) is 7. The van der Waals surface area contributed by atoms with Gasteiger partial charge in [0, 0.05) is 37.1 Å². The molecule has 0 aliphatic carbocycles. The number of sulfonamides is 1. The molecule has 28 heavy (non-hydrogen) atoms. The first-order valence-corrected chi connectivity index (χ1v) is 10.8. The number of hydrogen-bond acceptors (Lipinski definition) is 10. The van der Waals surface area contributed by atoms with Gasteiger partial charge in [0.05, 0.1) is 11.1 Å². The molecule has 0 unspecified atom stereocenters. The maximum Gasteiger partial charge on any atom is 0.233 e. The Balaban J connectivity index is 1.78. The van der Waals surface area contributed by atoms with Crippen molar-refractivity contribution < 1.29 is 13.3 Å². The molecule has 4 rings (SSSR count). The third-order valence-corrected chi connectivity index (χ3v) is 6.17. The fourth-order valence-electron chi connectivity index (χ4n) is 2.74. The Bertz CT molecular complexity index is 1150. The Hall–Kier alpha value is -2.99. The molecule has 0 bridgehead atoms. The summed E-state index contributed by atoms with van der Waals surface area (Å²) in [6, 6.07) is 3.75. The summed E-state index contributed by atoms with van der Waals surface area (Å²) in [6.07, 6.45) is 6.55. The van der Waals surface area contributed by atoms with Crippen molar-refractivity contribution in [2.45, 2.75) is 6.42 Å². The van der Waals surface area contributed by atoms with Crippen LogP contribution in [0.1, 0.15) is 12.1 Å². The van der Waals surface area contributed by atoms with Crippen LogP contribution in [0.3, 0.4) is 0 Å². The van der Waals surface area contributed by atoms with E-state index in [0.717, 1.165) is 16.8 Å². The van der Waals surface area contributed by atoms with Crippen molar-refractivity contribution in [1.82, 2.24) is 25.1 Å². The van der Waals surface area contributed by atoms with Gasteiger partial charge in [-0.2, -0.15) is 0 Å². The zero-order chi connectivity index (χ0) is 19.7. The molecule has 1 aliphatic heterocycles. The summed E-state index contributed by atoms with van der Waals surface area (Å²) in [7, 11) is -2.08. The molecule has 10 nitrogen and oxygen atoms in total. The van der Waals surface area contributed by atoms with E-state index >= 15 is 0 Å². The van der Waals surface area contributed by atoms with Crippen LogP contribution in [-0.2, 0) is 14.9 Å². The molecule has 3 aromatic rings. The lowest BCUT2D eigenvalue weighted by atomic mass is 10.1. The summed E-state index contributed by atoms with van der Waals surface area (Å²) in [5.74, 6) is 0.482. The van der Waals surface area contributed by atoms with Crippen molar-refractivity contribution in [3.05, 3.63) is 36.4 Å². The van der Waals surface area contributed by atoms with Crippen LogP contribution in [0.5, 0.6) is 0 Å². The highest BCUT2D eigenvalue weighted by Gasteiger charge is 2.32. The van der Waals surface area contributed by atoms with Crippen LogP contribution in [0.15, 0.2) is 35.9 Å². The van der Waals surface area contributed by atoms with Gasteiger partial charge in [0.25, 0.3) is 0 Å². The maximum absolute atomic E-state index is 12.1. The second-order valence-electron chi connectivity index (χ2n) is 5.88. The minimum absolute atomic E-state index is 0.144. The Labute approximate surface area is 165 Å². The fraction of sp³-hybridized carbons (Fsp3) is 0.250. The van der Waals surface area contributed by atoms with Crippen molar-refractivity contribution >= 4 is 32.9 Å². The lowest BCUT2D eigenvalue weighted by molar-refractivity contribution is 0.212. The quantitative estimate of drug-likeness (QED) is 0.586. The minimum atomic E-state index is -3.51. The molecule has 12 heteroatoms. The molecule has 0 spiro atoms. The van der Waals surface area contributed by atoms with Gasteiger partial charge in [0.15, 0.2) is 11.6 Å². The lowest BCUT2D eigenvalue weighted by Crippen LogP contribution is -2.38. The topological polar surface area (TPSA) is 123 Å². The first-order chi connectivity index (χ1) is 13.5. The molecule has 0 amide bonds. The molecule has 1 aliphatic rings. The summed E-state index contributed by atoms with van der Waals surface area (Å²) >= 11 is 1.39. The van der Waals surface area contributed by atoms with Gasteiger partial charge in [-0.15, -0.1) is 21.5 Å². The van der Waals surface area contributed by atoms with Crippen LogP contribution in [0.4, 0.5) is 5.82 Å². The van der Waals surface area contributed by atoms with Crippen molar-refractivity contribution in [3.8, 4) is 21.3 Å². The Morgan fingerprint density at radius 1 is 1.29 bits per heavy atom. The van der Waals surface area contributed by atoms with Crippen LogP contribution >= 0.6 is 11.3 Å². The number of fused-ring (bicyclic) bond motifs is 1. The molecule has 0 saturated carbocycles. The SMILES string of the molecule is CON=C1CCN(S(C)(=O)=O)c2nnc(-c3cnc(-c4cccnc4)s3)nc21. The third-order valence-electron chi connectivity index (χ3n) is 3.97. The Kier molecular flexibility index (Phi) is 4.73. The second-order valence-corrected chi connectivity index (χ2v) is 8.82. The van der Waals surface area contributed by atoms with Crippen molar-refractivity contribution in [2.75, 3.05) is 24.2 Å². The molecule has 0 aromatic carbocycles. The predicted octanol–water partition coefficient (Wildman–Crippen LogP) is 1.58. The molecular weight excluding hydrogens is 402 g/mol. The second kappa shape index (κ2) is 7.20. The van der Waals surface area contributed by atoms with Gasteiger partial charge < -0.3 is 4.84 Å². The zero-order valence-electron chi connectivity index (χ0n) is 15.0. The van der Waals surface area contributed by atoms with Gasteiger partial charge in [-0.3, -0.25) is 9.29 Å². The van der Waals surface area contributed by atoms with Gasteiger partial charge >= 0.3 is 0 Å². The van der Waals surface area contributed by atoms with Crippen LogP contribution in [0, 0.1) is 0 Å².